The molecule has 2 aliphatic rings. The van der Waals surface area contributed by atoms with Crippen molar-refractivity contribution in [3.63, 3.8) is 0 Å². The van der Waals surface area contributed by atoms with Gasteiger partial charge in [-0.05, 0) is 55.0 Å². The quantitative estimate of drug-likeness (QED) is 0.125. The molecule has 1 fully saturated rings. The van der Waals surface area contributed by atoms with Crippen LogP contribution in [-0.4, -0.2) is 66.0 Å². The number of alkyl halides is 3. The molecule has 0 spiro atoms. The number of anilines is 2. The largest absolute Gasteiger partial charge is 0.416 e. The van der Waals surface area contributed by atoms with E-state index in [1.165, 1.54) is 36.4 Å². The van der Waals surface area contributed by atoms with Crippen molar-refractivity contribution in [3.8, 4) is 11.4 Å². The summed E-state index contributed by atoms with van der Waals surface area (Å²) in [6.45, 7) is -0.110. The number of benzene rings is 3. The molecule has 1 saturated heterocycles. The molecule has 0 aliphatic carbocycles. The van der Waals surface area contributed by atoms with Crippen molar-refractivity contribution in [1.29, 1.82) is 0 Å². The molecule has 4 aromatic rings. The number of hydrogen-bond acceptors (Lipinski definition) is 8. The lowest BCUT2D eigenvalue weighted by Crippen LogP contribution is -2.54. The van der Waals surface area contributed by atoms with E-state index in [-0.39, 0.29) is 75.2 Å². The van der Waals surface area contributed by atoms with E-state index in [0.717, 1.165) is 17.0 Å². The van der Waals surface area contributed by atoms with E-state index < -0.39 is 51.6 Å². The summed E-state index contributed by atoms with van der Waals surface area (Å²) >= 11 is 12.2. The van der Waals surface area contributed by atoms with Gasteiger partial charge in [-0.2, -0.15) is 26.3 Å². The van der Waals surface area contributed by atoms with E-state index >= 15 is 0 Å². The fraction of sp³-hybridized carbons (Fsp3) is 0.207. The predicted octanol–water partition coefficient (Wildman–Crippen LogP) is 4.32. The molecular formula is C29H22Cl2F3N7O6S. The molecule has 0 saturated carbocycles. The zero-order valence-corrected chi connectivity index (χ0v) is 26.5. The zero-order valence-electron chi connectivity index (χ0n) is 24.2. The van der Waals surface area contributed by atoms with E-state index in [2.05, 4.69) is 30.0 Å². The maximum atomic E-state index is 13.3. The lowest BCUT2D eigenvalue weighted by atomic mass is 10.0. The highest BCUT2D eigenvalue weighted by atomic mass is 35.5. The number of rotatable bonds is 9. The number of imidazole rings is 1. The summed E-state index contributed by atoms with van der Waals surface area (Å²) in [7, 11) is -4.22. The maximum absolute atomic E-state index is 13.3. The average molecular weight is 725 g/mol. The molecule has 1 unspecified atom stereocenters. The molecule has 2 aliphatic heterocycles. The fourth-order valence-electron chi connectivity index (χ4n) is 5.32. The van der Waals surface area contributed by atoms with Crippen LogP contribution in [0.15, 0.2) is 48.5 Å². The highest BCUT2D eigenvalue weighted by Crippen LogP contribution is 2.37. The van der Waals surface area contributed by atoms with Gasteiger partial charge < -0.3 is 10.3 Å². The Morgan fingerprint density at radius 2 is 1.69 bits per heavy atom. The molecule has 0 bridgehead atoms. The number of aromatic amines is 1. The molecule has 13 nitrogen and oxygen atoms in total. The molecule has 6 rings (SSSR count). The molecule has 3 aromatic carbocycles. The second-order valence-electron chi connectivity index (χ2n) is 10.8. The number of nitrogens with one attached hydrogen (secondary N) is 5. The smallest absolute Gasteiger partial charge is 0.384 e. The van der Waals surface area contributed by atoms with Gasteiger partial charge in [0.05, 0.1) is 38.4 Å². The van der Waals surface area contributed by atoms with Crippen LogP contribution < -0.4 is 20.1 Å². The third kappa shape index (κ3) is 6.53. The summed E-state index contributed by atoms with van der Waals surface area (Å²) in [5.74, 6) is -2.56. The summed E-state index contributed by atoms with van der Waals surface area (Å²) in [4.78, 5) is 57.5. The Labute approximate surface area is 279 Å². The van der Waals surface area contributed by atoms with Crippen molar-refractivity contribution in [2.45, 2.75) is 25.1 Å². The van der Waals surface area contributed by atoms with Gasteiger partial charge in [0.25, 0.3) is 22.0 Å². The SMILES string of the molecule is O=C1CCC(N2C(=O)c3ccc(NCCNS(=O)(=O)Nc4ccc(Cl)cc4-c4nc5cc(C(F)(F)F)cc(Cl)c5[nH]4)cc3C2=O)C(=O)N1. The first kappa shape index (κ1) is 33.2. The van der Waals surface area contributed by atoms with Crippen LogP contribution in [0.5, 0.6) is 0 Å². The molecule has 250 valence electrons. The molecule has 4 amide bonds. The van der Waals surface area contributed by atoms with E-state index in [0.29, 0.717) is 5.69 Å². The molecule has 48 heavy (non-hydrogen) atoms. The van der Waals surface area contributed by atoms with E-state index in [9.17, 15) is 40.8 Å². The van der Waals surface area contributed by atoms with Gasteiger partial charge in [0, 0.05) is 35.8 Å². The van der Waals surface area contributed by atoms with Gasteiger partial charge in [0.15, 0.2) is 0 Å². The first-order valence-corrected chi connectivity index (χ1v) is 16.3. The summed E-state index contributed by atoms with van der Waals surface area (Å²) in [5, 5.41) is 5.04. The van der Waals surface area contributed by atoms with Gasteiger partial charge in [-0.3, -0.25) is 34.1 Å². The van der Waals surface area contributed by atoms with Gasteiger partial charge in [0.2, 0.25) is 11.8 Å². The second kappa shape index (κ2) is 12.4. The minimum absolute atomic E-state index is 0.00783. The third-order valence-electron chi connectivity index (χ3n) is 7.54. The highest BCUT2D eigenvalue weighted by molar-refractivity contribution is 7.90. The molecule has 3 heterocycles. The second-order valence-corrected chi connectivity index (χ2v) is 13.1. The number of aromatic nitrogens is 2. The summed E-state index contributed by atoms with van der Waals surface area (Å²) in [6, 6.07) is 8.92. The number of H-pyrrole nitrogens is 1. The van der Waals surface area contributed by atoms with E-state index in [1.807, 2.05) is 0 Å². The minimum Gasteiger partial charge on any atom is -0.384 e. The van der Waals surface area contributed by atoms with Crippen LogP contribution >= 0.6 is 23.2 Å². The van der Waals surface area contributed by atoms with Crippen LogP contribution in [0, 0.1) is 0 Å². The number of carbonyl (C=O) groups is 4. The Morgan fingerprint density at radius 1 is 0.938 bits per heavy atom. The van der Waals surface area contributed by atoms with Crippen LogP contribution in [0.3, 0.4) is 0 Å². The standard InChI is InChI=1S/C29H22Cl2F3N7O6S/c30-14-1-4-20(18(11-14)25-37-21-10-13(29(32,33)34)9-19(31)24(21)39-25)40-48(46,47)36-8-7-35-15-2-3-16-17(12-15)28(45)41(27(16)44)22-5-6-23(42)38-26(22)43/h1-4,9-12,22,35-36,40H,5-8H2,(H,37,39)(H,38,42,43). The topological polar surface area (TPSA) is 182 Å². The van der Waals surface area contributed by atoms with Crippen LogP contribution in [-0.2, 0) is 26.0 Å². The van der Waals surface area contributed by atoms with Crippen molar-refractivity contribution in [3.05, 3.63) is 75.3 Å². The lowest BCUT2D eigenvalue weighted by Gasteiger charge is -2.27. The monoisotopic (exact) mass is 723 g/mol. The third-order valence-corrected chi connectivity index (χ3v) is 9.15. The molecule has 0 radical (unpaired) electrons. The lowest BCUT2D eigenvalue weighted by molar-refractivity contribution is -0.138. The first-order valence-electron chi connectivity index (χ1n) is 14.0. The Hall–Kier alpha value is -4.71. The number of hydrogen-bond donors (Lipinski definition) is 5. The van der Waals surface area contributed by atoms with E-state index in [4.69, 9.17) is 23.2 Å². The van der Waals surface area contributed by atoms with Crippen molar-refractivity contribution in [1.82, 2.24) is 24.9 Å². The highest BCUT2D eigenvalue weighted by Gasteiger charge is 2.44. The van der Waals surface area contributed by atoms with Crippen molar-refractivity contribution >= 4 is 79.4 Å². The number of halogens is 5. The van der Waals surface area contributed by atoms with Gasteiger partial charge in [-0.25, -0.2) is 4.98 Å². The Balaban J connectivity index is 1.11. The van der Waals surface area contributed by atoms with Gasteiger partial charge in [-0.1, -0.05) is 23.2 Å². The van der Waals surface area contributed by atoms with Crippen molar-refractivity contribution in [2.75, 3.05) is 23.1 Å². The van der Waals surface area contributed by atoms with Gasteiger partial charge >= 0.3 is 6.18 Å². The van der Waals surface area contributed by atoms with Crippen LogP contribution in [0.4, 0.5) is 24.5 Å². The van der Waals surface area contributed by atoms with Crippen LogP contribution in [0.2, 0.25) is 10.0 Å². The number of imide groups is 2. The molecule has 19 heteroatoms. The van der Waals surface area contributed by atoms with Gasteiger partial charge in [0.1, 0.15) is 11.9 Å². The fourth-order valence-corrected chi connectivity index (χ4v) is 6.66. The Morgan fingerprint density at radius 3 is 2.42 bits per heavy atom. The van der Waals surface area contributed by atoms with Crippen LogP contribution in [0.1, 0.15) is 39.1 Å². The average Bonchev–Trinajstić information content (AvgIpc) is 3.55. The van der Waals surface area contributed by atoms with Crippen molar-refractivity contribution in [2.24, 2.45) is 0 Å². The van der Waals surface area contributed by atoms with Gasteiger partial charge in [-0.15, -0.1) is 0 Å². The number of piperidine rings is 1. The van der Waals surface area contributed by atoms with Crippen molar-refractivity contribution < 1.29 is 40.8 Å². The maximum Gasteiger partial charge on any atom is 0.416 e. The summed E-state index contributed by atoms with van der Waals surface area (Å²) in [6.07, 6.45) is -4.66. The molecule has 1 atom stereocenters. The summed E-state index contributed by atoms with van der Waals surface area (Å²) < 4.78 is 70.4. The molecule has 1 aromatic heterocycles. The number of fused-ring (bicyclic) bond motifs is 2. The zero-order chi connectivity index (χ0) is 34.5. The van der Waals surface area contributed by atoms with Crippen LogP contribution in [0.25, 0.3) is 22.4 Å². The number of amides is 4. The summed E-state index contributed by atoms with van der Waals surface area (Å²) in [5.41, 5.74) is -0.311. The number of carbonyl (C=O) groups excluding carboxylic acids is 4. The minimum atomic E-state index is -4.66. The predicted molar refractivity (Wildman–Crippen MR) is 169 cm³/mol. The first-order chi connectivity index (χ1) is 22.6. The molecule has 5 N–H and O–H groups in total. The van der Waals surface area contributed by atoms with E-state index in [1.54, 1.807) is 0 Å². The molecular weight excluding hydrogens is 702 g/mol. The Bertz CT molecular complexity index is 2140. The number of nitrogens with zero attached hydrogens (tertiary/aromatic N) is 2. The Kier molecular flexibility index (Phi) is 8.57. The normalized spacial score (nSPS) is 16.8.